The molecule has 0 heterocycles. The number of nitrogens with one attached hydrogen (secondary N) is 1. The lowest BCUT2D eigenvalue weighted by Gasteiger charge is -2.08. The Morgan fingerprint density at radius 3 is 2.67 bits per heavy atom. The number of nitrogens with zero attached hydrogens (tertiary/aromatic N) is 1. The topological polar surface area (TPSA) is 88.4 Å². The number of benzene rings is 1. The number of aryl methyl sites for hydroxylation is 1. The van der Waals surface area contributed by atoms with Crippen molar-refractivity contribution in [1.82, 2.24) is 4.72 Å². The second-order valence-corrected chi connectivity index (χ2v) is 6.21. The Balaban J connectivity index is 2.47. The number of hydrogen-bond donors (Lipinski definition) is 1. The molecule has 0 aromatic heterocycles. The zero-order valence-corrected chi connectivity index (χ0v) is 13.1. The van der Waals surface area contributed by atoms with Crippen molar-refractivity contribution in [1.29, 1.82) is 5.26 Å². The van der Waals surface area contributed by atoms with Crippen LogP contribution in [0.1, 0.15) is 17.5 Å². The summed E-state index contributed by atoms with van der Waals surface area (Å²) in [5, 5.41) is 8.84. The second kappa shape index (κ2) is 8.74. The van der Waals surface area contributed by atoms with Crippen LogP contribution in [0.5, 0.6) is 0 Å². The average molecular weight is 312 g/mol. The van der Waals surface area contributed by atoms with Crippen molar-refractivity contribution in [3.05, 3.63) is 29.3 Å². The van der Waals surface area contributed by atoms with Crippen molar-refractivity contribution < 1.29 is 17.9 Å². The monoisotopic (exact) mass is 312 g/mol. The molecule has 0 unspecified atom stereocenters. The summed E-state index contributed by atoms with van der Waals surface area (Å²) in [4.78, 5) is 0.166. The third-order valence-electron chi connectivity index (χ3n) is 2.82. The van der Waals surface area contributed by atoms with Crippen molar-refractivity contribution in [2.75, 3.05) is 33.5 Å². The van der Waals surface area contributed by atoms with Crippen LogP contribution in [-0.4, -0.2) is 41.9 Å². The smallest absolute Gasteiger partial charge is 0.240 e. The van der Waals surface area contributed by atoms with Crippen molar-refractivity contribution in [3.8, 4) is 6.07 Å². The van der Waals surface area contributed by atoms with Crippen LogP contribution >= 0.6 is 0 Å². The Morgan fingerprint density at radius 2 is 2.05 bits per heavy atom. The Hall–Kier alpha value is -1.46. The van der Waals surface area contributed by atoms with E-state index in [0.29, 0.717) is 43.9 Å². The first-order valence-electron chi connectivity index (χ1n) is 6.58. The predicted molar refractivity (Wildman–Crippen MR) is 78.4 cm³/mol. The molecule has 0 spiro atoms. The lowest BCUT2D eigenvalue weighted by atomic mass is 10.1. The Labute approximate surface area is 125 Å². The fourth-order valence-electron chi connectivity index (χ4n) is 1.64. The highest BCUT2D eigenvalue weighted by atomic mass is 32.2. The van der Waals surface area contributed by atoms with E-state index in [2.05, 4.69) is 4.72 Å². The third kappa shape index (κ3) is 5.81. The summed E-state index contributed by atoms with van der Waals surface area (Å²) in [6, 6.07) is 6.45. The molecule has 0 radical (unpaired) electrons. The first kappa shape index (κ1) is 17.6. The Kier molecular flexibility index (Phi) is 7.32. The number of hydrogen-bond acceptors (Lipinski definition) is 5. The number of rotatable bonds is 9. The molecular formula is C14H20N2O4S. The molecule has 0 saturated carbocycles. The lowest BCUT2D eigenvalue weighted by molar-refractivity contribution is 0.0699. The van der Waals surface area contributed by atoms with E-state index in [9.17, 15) is 8.42 Å². The fraction of sp³-hybridized carbons (Fsp3) is 0.500. The zero-order chi connectivity index (χ0) is 15.7. The van der Waals surface area contributed by atoms with Crippen LogP contribution in [0.3, 0.4) is 0 Å². The Morgan fingerprint density at radius 1 is 1.29 bits per heavy atom. The molecule has 0 aliphatic rings. The molecule has 0 saturated heterocycles. The van der Waals surface area contributed by atoms with Gasteiger partial charge in [-0.2, -0.15) is 5.26 Å². The highest BCUT2D eigenvalue weighted by molar-refractivity contribution is 7.89. The molecule has 6 nitrogen and oxygen atoms in total. The largest absolute Gasteiger partial charge is 0.382 e. The molecule has 7 heteroatoms. The van der Waals surface area contributed by atoms with Gasteiger partial charge in [0.25, 0.3) is 0 Å². The maximum absolute atomic E-state index is 12.1. The van der Waals surface area contributed by atoms with Gasteiger partial charge >= 0.3 is 0 Å². The molecule has 21 heavy (non-hydrogen) atoms. The molecule has 0 bridgehead atoms. The maximum atomic E-state index is 12.1. The van der Waals surface area contributed by atoms with Crippen molar-refractivity contribution in [2.45, 2.75) is 18.2 Å². The first-order valence-corrected chi connectivity index (χ1v) is 8.06. The summed E-state index contributed by atoms with van der Waals surface area (Å²) in [6.07, 6.45) is 0.582. The minimum Gasteiger partial charge on any atom is -0.382 e. The van der Waals surface area contributed by atoms with Crippen LogP contribution in [0.25, 0.3) is 0 Å². The number of sulfonamides is 1. The molecule has 1 aromatic carbocycles. The van der Waals surface area contributed by atoms with E-state index in [1.807, 2.05) is 6.07 Å². The quantitative estimate of drug-likeness (QED) is 0.692. The van der Waals surface area contributed by atoms with Crippen LogP contribution in [-0.2, 0) is 19.5 Å². The van der Waals surface area contributed by atoms with E-state index in [0.717, 1.165) is 0 Å². The first-order chi connectivity index (χ1) is 10.0. The number of nitriles is 1. The third-order valence-corrected chi connectivity index (χ3v) is 4.28. The molecule has 0 aliphatic carbocycles. The van der Waals surface area contributed by atoms with Gasteiger partial charge in [-0.15, -0.1) is 0 Å². The summed E-state index contributed by atoms with van der Waals surface area (Å²) >= 11 is 0. The van der Waals surface area contributed by atoms with Gasteiger partial charge in [0.15, 0.2) is 0 Å². The van der Waals surface area contributed by atoms with Gasteiger partial charge < -0.3 is 9.47 Å². The summed E-state index contributed by atoms with van der Waals surface area (Å²) in [6.45, 7) is 3.50. The lowest BCUT2D eigenvalue weighted by Crippen LogP contribution is -2.25. The molecular weight excluding hydrogens is 292 g/mol. The van der Waals surface area contributed by atoms with Crippen LogP contribution in [0.15, 0.2) is 23.1 Å². The van der Waals surface area contributed by atoms with Crippen LogP contribution in [0.2, 0.25) is 0 Å². The van der Waals surface area contributed by atoms with Crippen molar-refractivity contribution in [2.24, 2.45) is 0 Å². The van der Waals surface area contributed by atoms with Crippen LogP contribution in [0.4, 0.5) is 0 Å². The van der Waals surface area contributed by atoms with E-state index < -0.39 is 10.0 Å². The standard InChI is InChI=1S/C14H20N2O4S/c1-12-10-14(5-4-13(12)11-15)21(17,18)16-6-3-7-20-9-8-19-2/h4-5,10,16H,3,6-9H2,1-2H3. The van der Waals surface area contributed by atoms with Gasteiger partial charge in [0, 0.05) is 20.3 Å². The van der Waals surface area contributed by atoms with Gasteiger partial charge in [0.05, 0.1) is 29.7 Å². The van der Waals surface area contributed by atoms with E-state index >= 15 is 0 Å². The van der Waals surface area contributed by atoms with Crippen LogP contribution < -0.4 is 4.72 Å². The molecule has 1 rings (SSSR count). The molecule has 1 N–H and O–H groups in total. The number of ether oxygens (including phenoxy) is 2. The van der Waals surface area contributed by atoms with Crippen LogP contribution in [0, 0.1) is 18.3 Å². The van der Waals surface area contributed by atoms with E-state index in [1.54, 1.807) is 14.0 Å². The van der Waals surface area contributed by atoms with Gasteiger partial charge in [0.1, 0.15) is 0 Å². The minimum atomic E-state index is -3.54. The number of methoxy groups -OCH3 is 1. The van der Waals surface area contributed by atoms with E-state index in [-0.39, 0.29) is 4.90 Å². The van der Waals surface area contributed by atoms with E-state index in [4.69, 9.17) is 14.7 Å². The normalized spacial score (nSPS) is 11.3. The van der Waals surface area contributed by atoms with Gasteiger partial charge in [0.2, 0.25) is 10.0 Å². The molecule has 0 fully saturated rings. The summed E-state index contributed by atoms with van der Waals surface area (Å²) in [7, 11) is -1.95. The molecule has 0 aliphatic heterocycles. The fourth-order valence-corrected chi connectivity index (χ4v) is 2.80. The minimum absolute atomic E-state index is 0.166. The Bertz CT molecular complexity index is 593. The average Bonchev–Trinajstić information content (AvgIpc) is 2.46. The maximum Gasteiger partial charge on any atom is 0.240 e. The summed E-state index contributed by atoms with van der Waals surface area (Å²) in [5.41, 5.74) is 1.11. The highest BCUT2D eigenvalue weighted by Gasteiger charge is 2.14. The molecule has 1 aromatic rings. The molecule has 116 valence electrons. The predicted octanol–water partition coefficient (Wildman–Crippen LogP) is 1.20. The highest BCUT2D eigenvalue weighted by Crippen LogP contribution is 2.14. The molecule has 0 atom stereocenters. The summed E-state index contributed by atoms with van der Waals surface area (Å²) < 4.78 is 36.7. The van der Waals surface area contributed by atoms with Gasteiger partial charge in [-0.05, 0) is 37.1 Å². The van der Waals surface area contributed by atoms with Gasteiger partial charge in [-0.25, -0.2) is 13.1 Å². The van der Waals surface area contributed by atoms with E-state index in [1.165, 1.54) is 18.2 Å². The second-order valence-electron chi connectivity index (χ2n) is 4.45. The van der Waals surface area contributed by atoms with Gasteiger partial charge in [-0.3, -0.25) is 0 Å². The van der Waals surface area contributed by atoms with Crippen molar-refractivity contribution in [3.63, 3.8) is 0 Å². The zero-order valence-electron chi connectivity index (χ0n) is 12.3. The molecule has 0 amide bonds. The SMILES string of the molecule is COCCOCCCNS(=O)(=O)c1ccc(C#N)c(C)c1. The van der Waals surface area contributed by atoms with Crippen molar-refractivity contribution >= 4 is 10.0 Å². The summed E-state index contributed by atoms with van der Waals surface area (Å²) in [5.74, 6) is 0. The van der Waals surface area contributed by atoms with Gasteiger partial charge in [-0.1, -0.05) is 0 Å².